The number of benzene rings is 1. The summed E-state index contributed by atoms with van der Waals surface area (Å²) in [6, 6.07) is 5.89. The van der Waals surface area contributed by atoms with Crippen LogP contribution < -0.4 is 19.7 Å². The van der Waals surface area contributed by atoms with Crippen LogP contribution in [0.3, 0.4) is 0 Å². The minimum atomic E-state index is 0.615. The number of rotatable bonds is 6. The lowest BCUT2D eigenvalue weighted by Gasteiger charge is -2.36. The number of para-hydroxylation sites is 1. The number of hydrogen-bond donors (Lipinski definition) is 1. The number of nitrogens with one attached hydrogen (secondary N) is 1. The van der Waals surface area contributed by atoms with E-state index in [0.717, 1.165) is 66.6 Å². The molecule has 0 atom stereocenters. The number of methoxy groups -OCH3 is 2. The SMILES string of the molecule is CCc1nsc(N2CCN(C(=NC)NCc3cccc(OC)c3OC)CC2)n1. The van der Waals surface area contributed by atoms with Crippen LogP contribution in [0.2, 0.25) is 0 Å². The smallest absolute Gasteiger partial charge is 0.205 e. The van der Waals surface area contributed by atoms with Crippen molar-refractivity contribution in [1.82, 2.24) is 19.6 Å². The average Bonchev–Trinajstić information content (AvgIpc) is 3.23. The fraction of sp³-hybridized carbons (Fsp3) is 0.526. The largest absolute Gasteiger partial charge is 0.493 e. The standard InChI is InChI=1S/C19H28N6O2S/c1-5-16-22-19(28-23-16)25-11-9-24(10-12-25)18(20-2)21-13-14-7-6-8-15(26-3)17(14)27-4/h6-8H,5,9-13H2,1-4H3,(H,20,21). The van der Waals surface area contributed by atoms with Gasteiger partial charge in [0.2, 0.25) is 5.13 Å². The predicted octanol–water partition coefficient (Wildman–Crippen LogP) is 2.02. The fourth-order valence-electron chi connectivity index (χ4n) is 3.23. The van der Waals surface area contributed by atoms with Crippen LogP contribution in [0.5, 0.6) is 11.5 Å². The number of anilines is 1. The number of ether oxygens (including phenoxy) is 2. The summed E-state index contributed by atoms with van der Waals surface area (Å²) in [6.07, 6.45) is 0.876. The highest BCUT2D eigenvalue weighted by molar-refractivity contribution is 7.09. The van der Waals surface area contributed by atoms with Gasteiger partial charge in [-0.05, 0) is 6.07 Å². The number of aliphatic imine (C=N–C) groups is 1. The zero-order valence-electron chi connectivity index (χ0n) is 16.9. The molecular formula is C19H28N6O2S. The number of piperazine rings is 1. The Morgan fingerprint density at radius 1 is 1.21 bits per heavy atom. The van der Waals surface area contributed by atoms with E-state index < -0.39 is 0 Å². The van der Waals surface area contributed by atoms with Crippen molar-refractivity contribution in [3.63, 3.8) is 0 Å². The van der Waals surface area contributed by atoms with Crippen molar-refractivity contribution < 1.29 is 9.47 Å². The number of hydrogen-bond acceptors (Lipinski definition) is 7. The van der Waals surface area contributed by atoms with Gasteiger partial charge in [-0.25, -0.2) is 4.98 Å². The third-order valence-electron chi connectivity index (χ3n) is 4.76. The molecule has 0 aliphatic carbocycles. The second-order valence-electron chi connectivity index (χ2n) is 6.37. The summed E-state index contributed by atoms with van der Waals surface area (Å²) in [4.78, 5) is 13.6. The van der Waals surface area contributed by atoms with Gasteiger partial charge < -0.3 is 24.6 Å². The minimum Gasteiger partial charge on any atom is -0.493 e. The van der Waals surface area contributed by atoms with Crippen LogP contribution >= 0.6 is 11.5 Å². The van der Waals surface area contributed by atoms with E-state index in [-0.39, 0.29) is 0 Å². The molecule has 1 aromatic carbocycles. The van der Waals surface area contributed by atoms with Crippen LogP contribution in [0.25, 0.3) is 0 Å². The first kappa shape index (κ1) is 20.2. The maximum atomic E-state index is 5.52. The molecule has 8 nitrogen and oxygen atoms in total. The number of guanidine groups is 1. The molecule has 1 saturated heterocycles. The van der Waals surface area contributed by atoms with E-state index in [0.29, 0.717) is 6.54 Å². The Kier molecular flexibility index (Phi) is 6.91. The summed E-state index contributed by atoms with van der Waals surface area (Å²) >= 11 is 1.49. The first-order valence-electron chi connectivity index (χ1n) is 9.43. The number of aromatic nitrogens is 2. The maximum Gasteiger partial charge on any atom is 0.205 e. The van der Waals surface area contributed by atoms with Crippen molar-refractivity contribution in [2.75, 3.05) is 52.3 Å². The number of nitrogens with zero attached hydrogens (tertiary/aromatic N) is 5. The monoisotopic (exact) mass is 404 g/mol. The van der Waals surface area contributed by atoms with Crippen LogP contribution in [-0.4, -0.2) is 67.7 Å². The topological polar surface area (TPSA) is 75.1 Å². The van der Waals surface area contributed by atoms with Crippen molar-refractivity contribution >= 4 is 22.6 Å². The lowest BCUT2D eigenvalue weighted by Crippen LogP contribution is -2.52. The van der Waals surface area contributed by atoms with Crippen molar-refractivity contribution in [2.45, 2.75) is 19.9 Å². The van der Waals surface area contributed by atoms with Crippen LogP contribution in [0.1, 0.15) is 18.3 Å². The Balaban J connectivity index is 1.58. The molecule has 0 unspecified atom stereocenters. The first-order valence-corrected chi connectivity index (χ1v) is 10.2. The van der Waals surface area contributed by atoms with Crippen molar-refractivity contribution in [3.05, 3.63) is 29.6 Å². The summed E-state index contributed by atoms with van der Waals surface area (Å²) in [6.45, 7) is 6.27. The minimum absolute atomic E-state index is 0.615. The van der Waals surface area contributed by atoms with E-state index in [9.17, 15) is 0 Å². The summed E-state index contributed by atoms with van der Waals surface area (Å²) in [5.41, 5.74) is 1.03. The highest BCUT2D eigenvalue weighted by Gasteiger charge is 2.22. The molecule has 3 rings (SSSR count). The molecule has 1 aliphatic rings. The van der Waals surface area contributed by atoms with E-state index >= 15 is 0 Å². The molecule has 0 saturated carbocycles. The molecule has 0 amide bonds. The molecule has 9 heteroatoms. The van der Waals surface area contributed by atoms with E-state index in [4.69, 9.17) is 9.47 Å². The Morgan fingerprint density at radius 2 is 2.00 bits per heavy atom. The van der Waals surface area contributed by atoms with Gasteiger partial charge in [0.1, 0.15) is 5.82 Å². The Hall–Kier alpha value is -2.55. The van der Waals surface area contributed by atoms with E-state index in [1.54, 1.807) is 14.2 Å². The third-order valence-corrected chi connectivity index (χ3v) is 5.57. The van der Waals surface area contributed by atoms with Gasteiger partial charge in [-0.2, -0.15) is 4.37 Å². The highest BCUT2D eigenvalue weighted by atomic mass is 32.1. The fourth-order valence-corrected chi connectivity index (χ4v) is 4.03. The second-order valence-corrected chi connectivity index (χ2v) is 7.10. The Morgan fingerprint density at radius 3 is 2.61 bits per heavy atom. The predicted molar refractivity (Wildman–Crippen MR) is 113 cm³/mol. The van der Waals surface area contributed by atoms with Gasteiger partial charge in [-0.15, -0.1) is 0 Å². The van der Waals surface area contributed by atoms with Gasteiger partial charge in [0.05, 0.1) is 14.2 Å². The molecule has 28 heavy (non-hydrogen) atoms. The van der Waals surface area contributed by atoms with E-state index in [1.807, 2.05) is 25.2 Å². The Bertz CT molecular complexity index is 801. The zero-order valence-corrected chi connectivity index (χ0v) is 17.8. The molecule has 2 heterocycles. The third kappa shape index (κ3) is 4.46. The molecule has 1 aromatic heterocycles. The normalized spacial score (nSPS) is 14.9. The summed E-state index contributed by atoms with van der Waals surface area (Å²) in [5, 5.41) is 4.46. The van der Waals surface area contributed by atoms with E-state index in [1.165, 1.54) is 11.5 Å². The molecule has 1 aliphatic heterocycles. The van der Waals surface area contributed by atoms with Gasteiger partial charge in [-0.3, -0.25) is 4.99 Å². The molecule has 2 aromatic rings. The average molecular weight is 405 g/mol. The molecule has 1 fully saturated rings. The van der Waals surface area contributed by atoms with Crippen LogP contribution in [0.4, 0.5) is 5.13 Å². The Labute approximate surface area is 170 Å². The van der Waals surface area contributed by atoms with E-state index in [2.05, 4.69) is 36.4 Å². The summed E-state index contributed by atoms with van der Waals surface area (Å²) < 4.78 is 15.3. The molecule has 0 bridgehead atoms. The van der Waals surface area contributed by atoms with Gasteiger partial charge in [0, 0.05) is 63.3 Å². The molecule has 0 spiro atoms. The van der Waals surface area contributed by atoms with Gasteiger partial charge >= 0.3 is 0 Å². The summed E-state index contributed by atoms with van der Waals surface area (Å²) in [5.74, 6) is 3.29. The van der Waals surface area contributed by atoms with Crippen molar-refractivity contribution in [2.24, 2.45) is 4.99 Å². The van der Waals surface area contributed by atoms with Gasteiger partial charge in [0.25, 0.3) is 0 Å². The molecule has 1 N–H and O–H groups in total. The van der Waals surface area contributed by atoms with Gasteiger partial charge in [-0.1, -0.05) is 19.1 Å². The molecular weight excluding hydrogens is 376 g/mol. The lowest BCUT2D eigenvalue weighted by atomic mass is 10.2. The quantitative estimate of drug-likeness (QED) is 0.583. The van der Waals surface area contributed by atoms with Crippen molar-refractivity contribution in [3.8, 4) is 11.5 Å². The second kappa shape index (κ2) is 9.59. The molecule has 0 radical (unpaired) electrons. The molecule has 152 valence electrons. The first-order chi connectivity index (χ1) is 13.7. The van der Waals surface area contributed by atoms with Gasteiger partial charge in [0.15, 0.2) is 17.5 Å². The van der Waals surface area contributed by atoms with Crippen LogP contribution in [-0.2, 0) is 13.0 Å². The summed E-state index contributed by atoms with van der Waals surface area (Å²) in [7, 11) is 5.12. The number of aryl methyl sites for hydroxylation is 1. The maximum absolute atomic E-state index is 5.52. The van der Waals surface area contributed by atoms with Crippen LogP contribution in [0, 0.1) is 0 Å². The highest BCUT2D eigenvalue weighted by Crippen LogP contribution is 2.30. The van der Waals surface area contributed by atoms with Crippen LogP contribution in [0.15, 0.2) is 23.2 Å². The van der Waals surface area contributed by atoms with Crippen molar-refractivity contribution in [1.29, 1.82) is 0 Å². The zero-order chi connectivity index (χ0) is 19.9. The lowest BCUT2D eigenvalue weighted by molar-refractivity contribution is 0.350.